The van der Waals surface area contributed by atoms with Crippen molar-refractivity contribution in [3.05, 3.63) is 28.8 Å². The minimum absolute atomic E-state index is 0.0325. The van der Waals surface area contributed by atoms with Crippen molar-refractivity contribution in [2.45, 2.75) is 46.1 Å². The molecule has 0 aromatic heterocycles. The summed E-state index contributed by atoms with van der Waals surface area (Å²) < 4.78 is 5.64. The maximum Gasteiger partial charge on any atom is 0.339 e. The third-order valence-electron chi connectivity index (χ3n) is 3.83. The number of hydrogen-bond donors (Lipinski definition) is 1. The number of halogens is 1. The number of benzene rings is 1. The number of rotatable bonds is 2. The van der Waals surface area contributed by atoms with Gasteiger partial charge in [0.15, 0.2) is 0 Å². The molecule has 0 amide bonds. The van der Waals surface area contributed by atoms with Crippen LogP contribution >= 0.6 is 11.6 Å². The van der Waals surface area contributed by atoms with Gasteiger partial charge in [0.2, 0.25) is 0 Å². The average Bonchev–Trinajstić information content (AvgIpc) is 2.25. The van der Waals surface area contributed by atoms with E-state index < -0.39 is 0 Å². The molecule has 2 unspecified atom stereocenters. The first-order valence-electron chi connectivity index (χ1n) is 7.03. The van der Waals surface area contributed by atoms with Crippen molar-refractivity contribution in [2.75, 3.05) is 5.73 Å². The lowest BCUT2D eigenvalue weighted by Crippen LogP contribution is -2.34. The van der Waals surface area contributed by atoms with Crippen LogP contribution in [0.1, 0.15) is 50.4 Å². The summed E-state index contributed by atoms with van der Waals surface area (Å²) in [4.78, 5) is 12.2. The molecule has 1 fully saturated rings. The fourth-order valence-corrected chi connectivity index (χ4v) is 3.53. The first-order valence-corrected chi connectivity index (χ1v) is 7.41. The topological polar surface area (TPSA) is 52.3 Å². The highest BCUT2D eigenvalue weighted by Gasteiger charge is 2.34. The zero-order chi connectivity index (χ0) is 14.9. The smallest absolute Gasteiger partial charge is 0.339 e. The first-order chi connectivity index (χ1) is 9.27. The van der Waals surface area contributed by atoms with E-state index in [4.69, 9.17) is 22.1 Å². The van der Waals surface area contributed by atoms with Crippen LogP contribution in [0, 0.1) is 11.3 Å². The van der Waals surface area contributed by atoms with Gasteiger partial charge in [0.1, 0.15) is 6.10 Å². The molecule has 110 valence electrons. The summed E-state index contributed by atoms with van der Waals surface area (Å²) >= 11 is 6.05. The van der Waals surface area contributed by atoms with Crippen LogP contribution < -0.4 is 5.73 Å². The Morgan fingerprint density at radius 1 is 1.40 bits per heavy atom. The van der Waals surface area contributed by atoms with Gasteiger partial charge in [-0.15, -0.1) is 0 Å². The minimum Gasteiger partial charge on any atom is -0.459 e. The molecule has 1 aliphatic rings. The second-order valence-electron chi connectivity index (χ2n) is 6.68. The van der Waals surface area contributed by atoms with Crippen LogP contribution in [0.2, 0.25) is 5.02 Å². The number of nitrogen functional groups attached to an aromatic ring is 1. The van der Waals surface area contributed by atoms with Crippen molar-refractivity contribution < 1.29 is 9.53 Å². The highest BCUT2D eigenvalue weighted by molar-refractivity contribution is 6.33. The number of ether oxygens (including phenoxy) is 1. The van der Waals surface area contributed by atoms with Gasteiger partial charge >= 0.3 is 5.97 Å². The summed E-state index contributed by atoms with van der Waals surface area (Å²) in [6.07, 6.45) is 2.95. The Hall–Kier alpha value is -1.22. The number of esters is 1. The second kappa shape index (κ2) is 5.65. The Morgan fingerprint density at radius 3 is 2.70 bits per heavy atom. The molecule has 2 atom stereocenters. The number of carbonyl (C=O) groups excluding carboxylic acids is 1. The monoisotopic (exact) mass is 295 g/mol. The van der Waals surface area contributed by atoms with E-state index in [0.29, 0.717) is 22.2 Å². The summed E-state index contributed by atoms with van der Waals surface area (Å²) in [6.45, 7) is 6.65. The molecular weight excluding hydrogens is 274 g/mol. The van der Waals surface area contributed by atoms with Crippen LogP contribution in [0.25, 0.3) is 0 Å². The van der Waals surface area contributed by atoms with E-state index in [1.807, 2.05) is 0 Å². The van der Waals surface area contributed by atoms with Crippen molar-refractivity contribution in [1.82, 2.24) is 0 Å². The van der Waals surface area contributed by atoms with Gasteiger partial charge in [0.25, 0.3) is 0 Å². The van der Waals surface area contributed by atoms with Gasteiger partial charge in [-0.25, -0.2) is 4.79 Å². The van der Waals surface area contributed by atoms with Crippen molar-refractivity contribution >= 4 is 23.3 Å². The predicted octanol–water partition coefficient (Wildman–Crippen LogP) is 4.29. The summed E-state index contributed by atoms with van der Waals surface area (Å²) in [5, 5.41) is 0.345. The molecule has 20 heavy (non-hydrogen) atoms. The van der Waals surface area contributed by atoms with Gasteiger partial charge in [-0.3, -0.25) is 0 Å². The van der Waals surface area contributed by atoms with Gasteiger partial charge < -0.3 is 10.5 Å². The fourth-order valence-electron chi connectivity index (χ4n) is 3.26. The van der Waals surface area contributed by atoms with Gasteiger partial charge in [0.05, 0.1) is 10.6 Å². The van der Waals surface area contributed by atoms with Crippen molar-refractivity contribution in [1.29, 1.82) is 0 Å². The maximum atomic E-state index is 12.2. The van der Waals surface area contributed by atoms with Crippen molar-refractivity contribution in [3.63, 3.8) is 0 Å². The second-order valence-corrected chi connectivity index (χ2v) is 7.09. The molecule has 0 saturated heterocycles. The summed E-state index contributed by atoms with van der Waals surface area (Å²) in [6, 6.07) is 4.86. The zero-order valence-electron chi connectivity index (χ0n) is 12.3. The highest BCUT2D eigenvalue weighted by Crippen LogP contribution is 2.40. The Morgan fingerprint density at radius 2 is 2.10 bits per heavy atom. The SMILES string of the molecule is CC1CC(OC(=O)c2ccc(N)cc2Cl)CC(C)(C)C1. The lowest BCUT2D eigenvalue weighted by molar-refractivity contribution is -0.00712. The molecule has 1 aromatic carbocycles. The average molecular weight is 296 g/mol. The van der Waals surface area contributed by atoms with Crippen LogP contribution in [0.15, 0.2) is 18.2 Å². The number of carbonyl (C=O) groups is 1. The molecular formula is C16H22ClNO2. The van der Waals surface area contributed by atoms with Gasteiger partial charge in [-0.2, -0.15) is 0 Å². The van der Waals surface area contributed by atoms with E-state index in [1.165, 1.54) is 6.42 Å². The number of hydrogen-bond acceptors (Lipinski definition) is 3. The van der Waals surface area contributed by atoms with Crippen LogP contribution in [0.4, 0.5) is 5.69 Å². The van der Waals surface area contributed by atoms with Crippen LogP contribution in [-0.2, 0) is 4.74 Å². The van der Waals surface area contributed by atoms with E-state index in [1.54, 1.807) is 18.2 Å². The largest absolute Gasteiger partial charge is 0.459 e. The Labute approximate surface area is 125 Å². The van der Waals surface area contributed by atoms with E-state index in [9.17, 15) is 4.79 Å². The van der Waals surface area contributed by atoms with Crippen molar-refractivity contribution in [3.8, 4) is 0 Å². The minimum atomic E-state index is -0.357. The molecule has 0 spiro atoms. The Balaban J connectivity index is 2.07. The molecule has 0 bridgehead atoms. The third kappa shape index (κ3) is 3.66. The quantitative estimate of drug-likeness (QED) is 0.654. The molecule has 0 aliphatic heterocycles. The standard InChI is InChI=1S/C16H22ClNO2/c1-10-6-12(9-16(2,3)8-10)20-15(19)13-5-4-11(18)7-14(13)17/h4-5,7,10,12H,6,8-9,18H2,1-3H3. The summed E-state index contributed by atoms with van der Waals surface area (Å²) in [7, 11) is 0. The lowest BCUT2D eigenvalue weighted by Gasteiger charge is -2.38. The van der Waals surface area contributed by atoms with E-state index in [0.717, 1.165) is 12.8 Å². The zero-order valence-corrected chi connectivity index (χ0v) is 13.0. The Bertz CT molecular complexity index is 513. The van der Waals surface area contributed by atoms with Crippen LogP contribution in [0.5, 0.6) is 0 Å². The summed E-state index contributed by atoms with van der Waals surface area (Å²) in [5.74, 6) is 0.211. The molecule has 2 rings (SSSR count). The first kappa shape index (κ1) is 15.2. The van der Waals surface area contributed by atoms with E-state index in [-0.39, 0.29) is 17.5 Å². The molecule has 0 radical (unpaired) electrons. The van der Waals surface area contributed by atoms with Gasteiger partial charge in [0, 0.05) is 5.69 Å². The van der Waals surface area contributed by atoms with Gasteiger partial charge in [-0.05, 0) is 48.8 Å². The fraction of sp³-hybridized carbons (Fsp3) is 0.562. The molecule has 1 aromatic rings. The van der Waals surface area contributed by atoms with E-state index >= 15 is 0 Å². The highest BCUT2D eigenvalue weighted by atomic mass is 35.5. The van der Waals surface area contributed by atoms with Crippen LogP contribution in [0.3, 0.4) is 0 Å². The normalized spacial score (nSPS) is 25.2. The number of nitrogens with two attached hydrogens (primary N) is 1. The Kier molecular flexibility index (Phi) is 4.28. The van der Waals surface area contributed by atoms with Crippen molar-refractivity contribution in [2.24, 2.45) is 11.3 Å². The lowest BCUT2D eigenvalue weighted by atomic mass is 9.71. The summed E-state index contributed by atoms with van der Waals surface area (Å²) in [5.41, 5.74) is 6.77. The molecule has 1 saturated carbocycles. The van der Waals surface area contributed by atoms with Gasteiger partial charge in [-0.1, -0.05) is 32.4 Å². The van der Waals surface area contributed by atoms with Crippen LogP contribution in [-0.4, -0.2) is 12.1 Å². The third-order valence-corrected chi connectivity index (χ3v) is 4.15. The number of anilines is 1. The maximum absolute atomic E-state index is 12.2. The molecule has 4 heteroatoms. The predicted molar refractivity (Wildman–Crippen MR) is 81.9 cm³/mol. The molecule has 1 aliphatic carbocycles. The molecule has 2 N–H and O–H groups in total. The molecule has 0 heterocycles. The molecule has 3 nitrogen and oxygen atoms in total. The van der Waals surface area contributed by atoms with E-state index in [2.05, 4.69) is 20.8 Å².